The highest BCUT2D eigenvalue weighted by molar-refractivity contribution is 7.89. The van der Waals surface area contributed by atoms with E-state index in [2.05, 4.69) is 5.73 Å². The summed E-state index contributed by atoms with van der Waals surface area (Å²) >= 11 is 0. The van der Waals surface area contributed by atoms with E-state index in [1.807, 2.05) is 12.1 Å². The second-order valence-corrected chi connectivity index (χ2v) is 17.1. The van der Waals surface area contributed by atoms with Crippen LogP contribution in [-0.2, 0) is 30.3 Å². The lowest BCUT2D eigenvalue weighted by Crippen LogP contribution is -2.35. The molecule has 0 spiro atoms. The molecule has 1 aliphatic carbocycles. The van der Waals surface area contributed by atoms with E-state index < -0.39 is 30.3 Å². The molecule has 4 N–H and O–H groups in total. The number of sulfonamides is 1. The third kappa shape index (κ3) is 7.95. The van der Waals surface area contributed by atoms with Crippen LogP contribution in [0.25, 0.3) is 33.4 Å². The van der Waals surface area contributed by atoms with Crippen molar-refractivity contribution in [3.63, 3.8) is 0 Å². The smallest absolute Gasteiger partial charge is 0.294 e. The first-order valence-electron chi connectivity index (χ1n) is 16.8. The number of benzene rings is 5. The van der Waals surface area contributed by atoms with Gasteiger partial charge in [0.1, 0.15) is 29.9 Å². The summed E-state index contributed by atoms with van der Waals surface area (Å²) < 4.78 is 109. The van der Waals surface area contributed by atoms with Gasteiger partial charge in [-0.1, -0.05) is 24.6 Å². The zero-order valence-electron chi connectivity index (χ0n) is 29.3. The summed E-state index contributed by atoms with van der Waals surface area (Å²) in [4.78, 5) is -0.345. The number of piperidine rings is 1. The van der Waals surface area contributed by atoms with Gasteiger partial charge in [-0.25, -0.2) is 8.42 Å². The van der Waals surface area contributed by atoms with Gasteiger partial charge in [0.15, 0.2) is 0 Å². The standard InChI is InChI=1S/C37H32N2O10S3.CH5N/c1-38(25-9-15-29(16-10-25)51(42,43)44)26-11-19-31-34(23-26)49-35-24-28(48-27-12-17-30(18-13-27)52(45,46)47)14-20-32(35)37(31)33-7-3-4-8-36(33)50(40,41)39-21-5-2-6-22-39;1-2/h3-4,7-20,23-24H,2,5-6,21-22H2,1H3,(H-,42,43,44,45,46,47);2H2,1H3/p+1. The maximum absolute atomic E-state index is 14.2. The van der Waals surface area contributed by atoms with Gasteiger partial charge in [-0.15, -0.1) is 0 Å². The Kier molecular flexibility index (Phi) is 11.1. The summed E-state index contributed by atoms with van der Waals surface area (Å²) in [5, 5.41) is 1.28. The Morgan fingerprint density at radius 1 is 0.685 bits per heavy atom. The van der Waals surface area contributed by atoms with Crippen LogP contribution in [0.1, 0.15) is 19.3 Å². The molecule has 4 aromatic rings. The van der Waals surface area contributed by atoms with Crippen LogP contribution in [0.3, 0.4) is 0 Å². The van der Waals surface area contributed by atoms with Crippen LogP contribution in [0.5, 0.6) is 11.5 Å². The molecule has 2 aliphatic heterocycles. The maximum Gasteiger partial charge on any atom is 0.294 e. The van der Waals surface area contributed by atoms with Crippen molar-refractivity contribution in [3.05, 3.63) is 115 Å². The van der Waals surface area contributed by atoms with Gasteiger partial charge in [0.2, 0.25) is 21.1 Å². The Balaban J connectivity index is 0.00000245. The number of fused-ring (bicyclic) bond motifs is 2. The second-order valence-electron chi connectivity index (χ2n) is 12.4. The van der Waals surface area contributed by atoms with Crippen LogP contribution >= 0.6 is 0 Å². The molecule has 7 rings (SSSR count). The zero-order valence-corrected chi connectivity index (χ0v) is 31.7. The molecular weight excluding hydrogens is 755 g/mol. The Bertz CT molecular complexity index is 2710. The van der Waals surface area contributed by atoms with Crippen molar-refractivity contribution in [1.29, 1.82) is 0 Å². The molecular formula is C38H38N3O10S3+. The third-order valence-electron chi connectivity index (χ3n) is 9.03. The third-order valence-corrected chi connectivity index (χ3v) is 12.7. The molecule has 0 atom stereocenters. The normalized spacial score (nSPS) is 14.7. The van der Waals surface area contributed by atoms with Gasteiger partial charge in [0.25, 0.3) is 20.2 Å². The van der Waals surface area contributed by atoms with Gasteiger partial charge >= 0.3 is 0 Å². The van der Waals surface area contributed by atoms with E-state index in [0.717, 1.165) is 19.3 Å². The predicted molar refractivity (Wildman–Crippen MR) is 204 cm³/mol. The molecule has 16 heteroatoms. The summed E-state index contributed by atoms with van der Waals surface area (Å²) in [6.45, 7) is 0.879. The van der Waals surface area contributed by atoms with Crippen molar-refractivity contribution in [1.82, 2.24) is 8.88 Å². The average molecular weight is 793 g/mol. The minimum absolute atomic E-state index is 0.171. The number of nitrogens with two attached hydrogens (primary N) is 1. The fraction of sp³-hybridized carbons (Fsp3) is 0.184. The van der Waals surface area contributed by atoms with Gasteiger partial charge in [-0.3, -0.25) is 9.11 Å². The van der Waals surface area contributed by atoms with Crippen molar-refractivity contribution < 1.29 is 43.5 Å². The average Bonchev–Trinajstić information content (AvgIpc) is 3.17. The van der Waals surface area contributed by atoms with Crippen molar-refractivity contribution in [2.24, 2.45) is 5.73 Å². The molecule has 0 aromatic heterocycles. The van der Waals surface area contributed by atoms with E-state index in [1.165, 1.54) is 47.8 Å². The highest BCUT2D eigenvalue weighted by Gasteiger charge is 2.30. The van der Waals surface area contributed by atoms with Gasteiger partial charge < -0.3 is 14.9 Å². The highest BCUT2D eigenvalue weighted by atomic mass is 32.2. The fourth-order valence-corrected chi connectivity index (χ4v) is 9.05. The van der Waals surface area contributed by atoms with E-state index in [1.54, 1.807) is 72.3 Å². The Labute approximate surface area is 313 Å². The topological polar surface area (TPSA) is 198 Å². The largest absolute Gasteiger partial charge is 0.457 e. The van der Waals surface area contributed by atoms with E-state index in [9.17, 15) is 34.4 Å². The summed E-state index contributed by atoms with van der Waals surface area (Å²) in [5.41, 5.74) is 7.26. The lowest BCUT2D eigenvalue weighted by atomic mass is 9.93. The molecule has 0 bridgehead atoms. The number of hydrogen-bond donors (Lipinski definition) is 3. The summed E-state index contributed by atoms with van der Waals surface area (Å²) in [7, 11) is -9.33. The summed E-state index contributed by atoms with van der Waals surface area (Å²) in [6.07, 6.45) is 2.54. The molecule has 0 radical (unpaired) electrons. The monoisotopic (exact) mass is 792 g/mol. The molecule has 2 heterocycles. The molecule has 282 valence electrons. The van der Waals surface area contributed by atoms with Crippen LogP contribution in [0.4, 0.5) is 5.69 Å². The van der Waals surface area contributed by atoms with Gasteiger partial charge in [0.05, 0.1) is 20.8 Å². The minimum Gasteiger partial charge on any atom is -0.457 e. The zero-order chi connectivity index (χ0) is 38.8. The lowest BCUT2D eigenvalue weighted by Gasteiger charge is -2.27. The van der Waals surface area contributed by atoms with Gasteiger partial charge in [0, 0.05) is 59.4 Å². The molecule has 3 aliphatic rings. The first-order valence-corrected chi connectivity index (χ1v) is 21.1. The quantitative estimate of drug-likeness (QED) is 0.0932. The first kappa shape index (κ1) is 38.8. The van der Waals surface area contributed by atoms with Crippen molar-refractivity contribution >= 4 is 46.9 Å². The van der Waals surface area contributed by atoms with Crippen molar-refractivity contribution in [2.75, 3.05) is 27.2 Å². The Morgan fingerprint density at radius 3 is 1.91 bits per heavy atom. The summed E-state index contributed by atoms with van der Waals surface area (Å²) in [6, 6.07) is 28.5. The summed E-state index contributed by atoms with van der Waals surface area (Å²) in [5.74, 6) is 1.07. The van der Waals surface area contributed by atoms with Gasteiger partial charge in [-0.2, -0.15) is 25.7 Å². The predicted octanol–water partition coefficient (Wildman–Crippen LogP) is 5.97. The number of hydrogen-bond acceptors (Lipinski definition) is 9. The lowest BCUT2D eigenvalue weighted by molar-refractivity contribution is 0.347. The van der Waals surface area contributed by atoms with Crippen LogP contribution in [0.15, 0.2) is 128 Å². The molecule has 54 heavy (non-hydrogen) atoms. The van der Waals surface area contributed by atoms with E-state index >= 15 is 0 Å². The molecule has 0 unspecified atom stereocenters. The van der Waals surface area contributed by atoms with Crippen LogP contribution in [0.2, 0.25) is 0 Å². The fourth-order valence-electron chi connectivity index (χ4n) is 6.37. The van der Waals surface area contributed by atoms with Crippen LogP contribution < -0.4 is 20.4 Å². The van der Waals surface area contributed by atoms with E-state index in [0.29, 0.717) is 69.1 Å². The Morgan fingerprint density at radius 2 is 1.28 bits per heavy atom. The van der Waals surface area contributed by atoms with Crippen LogP contribution in [0, 0.1) is 0 Å². The molecule has 0 amide bonds. The number of nitrogens with zero attached hydrogens (tertiary/aromatic N) is 2. The highest BCUT2D eigenvalue weighted by Crippen LogP contribution is 2.44. The Hall–Kier alpha value is -4.94. The van der Waals surface area contributed by atoms with Crippen molar-refractivity contribution in [3.8, 4) is 33.9 Å². The van der Waals surface area contributed by atoms with Gasteiger partial charge in [-0.05, 0) is 80.6 Å². The molecule has 1 saturated heterocycles. The molecule has 1 fully saturated rings. The van der Waals surface area contributed by atoms with Crippen LogP contribution in [-0.4, -0.2) is 65.8 Å². The molecule has 4 aromatic carbocycles. The minimum atomic E-state index is -4.38. The van der Waals surface area contributed by atoms with E-state index in [4.69, 9.17) is 9.15 Å². The SMILES string of the molecule is CN.C[N+](c1ccc(S(=O)(=O)O)cc1)=c1ccc2c(-c3ccccc3S(=O)(=O)N3CCCCC3)c3ccc(Oc4ccc(S(=O)(=O)O)cc4)cc3oc-2c1. The second kappa shape index (κ2) is 15.4. The van der Waals surface area contributed by atoms with E-state index in [-0.39, 0.29) is 14.7 Å². The first-order chi connectivity index (χ1) is 25.7. The number of rotatable bonds is 8. The molecule has 13 nitrogen and oxygen atoms in total. The van der Waals surface area contributed by atoms with Crippen molar-refractivity contribution in [2.45, 2.75) is 33.9 Å². The molecule has 0 saturated carbocycles. The maximum atomic E-state index is 14.2. The number of ether oxygens (including phenoxy) is 1.